The molecule has 2 aliphatic rings. The molecule has 0 radical (unpaired) electrons. The first-order valence-corrected chi connectivity index (χ1v) is 8.12. The van der Waals surface area contributed by atoms with Gasteiger partial charge in [0.1, 0.15) is 0 Å². The lowest BCUT2D eigenvalue weighted by Crippen LogP contribution is -2.32. The van der Waals surface area contributed by atoms with Crippen molar-refractivity contribution in [1.29, 1.82) is 0 Å². The van der Waals surface area contributed by atoms with Crippen molar-refractivity contribution in [2.45, 2.75) is 19.3 Å². The number of nitrogens with zero attached hydrogens (tertiary/aromatic N) is 1. The Hall–Kier alpha value is -2.43. The Bertz CT molecular complexity index is 840. The van der Waals surface area contributed by atoms with Gasteiger partial charge in [0.2, 0.25) is 5.91 Å². The fraction of sp³-hybridized carbons (Fsp3) is 0.389. The average Bonchev–Trinajstić information content (AvgIpc) is 3.19. The summed E-state index contributed by atoms with van der Waals surface area (Å²) in [7, 11) is 0. The highest BCUT2D eigenvalue weighted by molar-refractivity contribution is 5.88. The van der Waals surface area contributed by atoms with E-state index in [9.17, 15) is 9.59 Å². The van der Waals surface area contributed by atoms with Crippen LogP contribution in [-0.2, 0) is 11.2 Å². The van der Waals surface area contributed by atoms with E-state index in [1.165, 1.54) is 12.8 Å². The van der Waals surface area contributed by atoms with E-state index in [2.05, 4.69) is 27.7 Å². The lowest BCUT2D eigenvalue weighted by Gasteiger charge is -2.18. The van der Waals surface area contributed by atoms with Crippen LogP contribution in [-0.4, -0.2) is 22.6 Å². The summed E-state index contributed by atoms with van der Waals surface area (Å²) in [4.78, 5) is 24.0. The van der Waals surface area contributed by atoms with Gasteiger partial charge in [-0.15, -0.1) is 0 Å². The Morgan fingerprint density at radius 3 is 2.78 bits per heavy atom. The molecule has 5 heteroatoms. The van der Waals surface area contributed by atoms with Crippen LogP contribution in [0, 0.1) is 17.8 Å². The lowest BCUT2D eigenvalue weighted by atomic mass is 9.93. The molecule has 23 heavy (non-hydrogen) atoms. The second-order valence-electron chi connectivity index (χ2n) is 6.57. The number of benzene rings is 1. The molecule has 118 valence electrons. The normalized spacial score (nSPS) is 25.1. The van der Waals surface area contributed by atoms with Gasteiger partial charge in [0, 0.05) is 11.9 Å². The second kappa shape index (κ2) is 5.65. The first-order valence-electron chi connectivity index (χ1n) is 8.12. The topological polar surface area (TPSA) is 74.8 Å². The smallest absolute Gasteiger partial charge is 0.272 e. The number of carbonyl (C=O) groups excluding carboxylic acids is 1. The summed E-state index contributed by atoms with van der Waals surface area (Å²) in [6.45, 7) is 0.728. The van der Waals surface area contributed by atoms with Crippen LogP contribution in [0.1, 0.15) is 18.5 Å². The zero-order valence-electron chi connectivity index (χ0n) is 12.8. The second-order valence-corrected chi connectivity index (χ2v) is 6.57. The monoisotopic (exact) mass is 309 g/mol. The van der Waals surface area contributed by atoms with E-state index >= 15 is 0 Å². The minimum Gasteiger partial charge on any atom is -0.355 e. The van der Waals surface area contributed by atoms with Crippen LogP contribution >= 0.6 is 0 Å². The molecule has 1 saturated carbocycles. The van der Waals surface area contributed by atoms with Gasteiger partial charge in [-0.2, -0.15) is 5.10 Å². The Labute approximate surface area is 133 Å². The van der Waals surface area contributed by atoms with Crippen LogP contribution < -0.4 is 10.9 Å². The van der Waals surface area contributed by atoms with E-state index in [0.717, 1.165) is 11.9 Å². The number of nitrogens with one attached hydrogen (secondary N) is 2. The Balaban J connectivity index is 1.44. The third-order valence-electron chi connectivity index (χ3n) is 5.08. The summed E-state index contributed by atoms with van der Waals surface area (Å²) in [5.74, 6) is 1.87. The summed E-state index contributed by atoms with van der Waals surface area (Å²) in [5, 5.41) is 10.9. The fourth-order valence-corrected chi connectivity index (χ4v) is 3.90. The zero-order chi connectivity index (χ0) is 15.8. The van der Waals surface area contributed by atoms with Crippen molar-refractivity contribution in [3.63, 3.8) is 0 Å². The SMILES string of the molecule is O=C(Cc1n[nH]c(=O)c2ccccc12)NC[C@@H]1C[C@H]2C=C[C@@H]1C2. The van der Waals surface area contributed by atoms with E-state index in [-0.39, 0.29) is 17.9 Å². The minimum atomic E-state index is -0.224. The van der Waals surface area contributed by atoms with Crippen LogP contribution in [0.25, 0.3) is 10.8 Å². The standard InChI is InChI=1S/C18H19N3O2/c22-17(19-10-13-8-11-5-6-12(13)7-11)9-16-14-3-1-2-4-15(14)18(23)21-20-16/h1-6,11-13H,7-10H2,(H,19,22)(H,21,23)/t11-,12+,13-/m0/s1. The predicted molar refractivity (Wildman–Crippen MR) is 87.9 cm³/mol. The number of carbonyl (C=O) groups is 1. The highest BCUT2D eigenvalue weighted by Crippen LogP contribution is 2.42. The number of hydrogen-bond acceptors (Lipinski definition) is 3. The van der Waals surface area contributed by atoms with Crippen molar-refractivity contribution < 1.29 is 4.79 Å². The van der Waals surface area contributed by atoms with E-state index in [0.29, 0.717) is 28.8 Å². The number of rotatable bonds is 4. The molecule has 5 nitrogen and oxygen atoms in total. The highest BCUT2D eigenvalue weighted by atomic mass is 16.1. The third kappa shape index (κ3) is 2.67. The first kappa shape index (κ1) is 14.2. The van der Waals surface area contributed by atoms with Gasteiger partial charge in [-0.25, -0.2) is 5.10 Å². The zero-order valence-corrected chi connectivity index (χ0v) is 12.8. The summed E-state index contributed by atoms with van der Waals surface area (Å²) in [6.07, 6.45) is 7.21. The molecule has 3 atom stereocenters. The third-order valence-corrected chi connectivity index (χ3v) is 5.08. The molecule has 0 aliphatic heterocycles. The minimum absolute atomic E-state index is 0.0403. The number of hydrogen-bond donors (Lipinski definition) is 2. The molecular formula is C18H19N3O2. The van der Waals surface area contributed by atoms with Gasteiger partial charge >= 0.3 is 0 Å². The van der Waals surface area contributed by atoms with Gasteiger partial charge in [-0.1, -0.05) is 30.4 Å². The highest BCUT2D eigenvalue weighted by Gasteiger charge is 2.35. The first-order chi connectivity index (χ1) is 11.2. The maximum atomic E-state index is 12.2. The van der Waals surface area contributed by atoms with Gasteiger partial charge in [0.05, 0.1) is 17.5 Å². The van der Waals surface area contributed by atoms with Crippen molar-refractivity contribution in [3.05, 3.63) is 52.5 Å². The molecule has 0 saturated heterocycles. The van der Waals surface area contributed by atoms with Gasteiger partial charge in [-0.3, -0.25) is 9.59 Å². The van der Waals surface area contributed by atoms with E-state index in [1.54, 1.807) is 6.07 Å². The van der Waals surface area contributed by atoms with Crippen molar-refractivity contribution in [2.75, 3.05) is 6.54 Å². The molecule has 2 N–H and O–H groups in total. The van der Waals surface area contributed by atoms with E-state index in [4.69, 9.17) is 0 Å². The molecule has 0 unspecified atom stereocenters. The summed E-state index contributed by atoms with van der Waals surface area (Å²) < 4.78 is 0. The molecule has 1 aromatic heterocycles. The summed E-state index contributed by atoms with van der Waals surface area (Å²) in [6, 6.07) is 7.25. The largest absolute Gasteiger partial charge is 0.355 e. The van der Waals surface area contributed by atoms with E-state index in [1.807, 2.05) is 18.2 Å². The van der Waals surface area contributed by atoms with Crippen LogP contribution in [0.15, 0.2) is 41.2 Å². The Morgan fingerprint density at radius 2 is 2.04 bits per heavy atom. The molecule has 2 bridgehead atoms. The molecule has 0 spiro atoms. The maximum Gasteiger partial charge on any atom is 0.272 e. The van der Waals surface area contributed by atoms with Crippen LogP contribution in [0.5, 0.6) is 0 Å². The van der Waals surface area contributed by atoms with Crippen LogP contribution in [0.3, 0.4) is 0 Å². The Kier molecular flexibility index (Phi) is 3.48. The average molecular weight is 309 g/mol. The van der Waals surface area contributed by atoms with E-state index < -0.39 is 0 Å². The molecule has 1 aromatic carbocycles. The van der Waals surface area contributed by atoms with Crippen LogP contribution in [0.4, 0.5) is 0 Å². The van der Waals surface area contributed by atoms with Gasteiger partial charge < -0.3 is 5.32 Å². The Morgan fingerprint density at radius 1 is 1.22 bits per heavy atom. The van der Waals surface area contributed by atoms with Crippen molar-refractivity contribution in [2.24, 2.45) is 17.8 Å². The van der Waals surface area contributed by atoms with Crippen molar-refractivity contribution in [1.82, 2.24) is 15.5 Å². The lowest BCUT2D eigenvalue weighted by molar-refractivity contribution is -0.120. The number of amides is 1. The maximum absolute atomic E-state index is 12.2. The van der Waals surface area contributed by atoms with Gasteiger partial charge in [0.15, 0.2) is 0 Å². The van der Waals surface area contributed by atoms with Crippen molar-refractivity contribution in [3.8, 4) is 0 Å². The number of aromatic amines is 1. The number of H-pyrrole nitrogens is 1. The molecule has 2 aliphatic carbocycles. The molecular weight excluding hydrogens is 290 g/mol. The molecule has 1 heterocycles. The molecule has 1 fully saturated rings. The molecule has 1 amide bonds. The number of aromatic nitrogens is 2. The fourth-order valence-electron chi connectivity index (χ4n) is 3.90. The summed E-state index contributed by atoms with van der Waals surface area (Å²) in [5.41, 5.74) is 0.393. The number of allylic oxidation sites excluding steroid dienone is 2. The molecule has 2 aromatic rings. The number of fused-ring (bicyclic) bond motifs is 3. The van der Waals surface area contributed by atoms with Gasteiger partial charge in [0.25, 0.3) is 5.56 Å². The molecule has 4 rings (SSSR count). The van der Waals surface area contributed by atoms with Gasteiger partial charge in [-0.05, 0) is 36.7 Å². The van der Waals surface area contributed by atoms with Crippen molar-refractivity contribution >= 4 is 16.7 Å². The van der Waals surface area contributed by atoms with Crippen LogP contribution in [0.2, 0.25) is 0 Å². The predicted octanol–water partition coefficient (Wildman–Crippen LogP) is 1.79. The summed E-state index contributed by atoms with van der Waals surface area (Å²) >= 11 is 0. The quantitative estimate of drug-likeness (QED) is 0.846.